The molecule has 0 saturated carbocycles. The lowest BCUT2D eigenvalue weighted by molar-refractivity contribution is 0.0689. The van der Waals surface area contributed by atoms with Crippen molar-refractivity contribution in [2.24, 2.45) is 0 Å². The Morgan fingerprint density at radius 1 is 1.12 bits per heavy atom. The summed E-state index contributed by atoms with van der Waals surface area (Å²) < 4.78 is 0. The van der Waals surface area contributed by atoms with E-state index < -0.39 is 5.97 Å². The van der Waals surface area contributed by atoms with Gasteiger partial charge in [0.15, 0.2) is 0 Å². The topological polar surface area (TPSA) is 82.5 Å². The minimum absolute atomic E-state index is 0.0642. The number of carboxylic acids is 1. The first-order valence-electron chi connectivity index (χ1n) is 8.38. The van der Waals surface area contributed by atoms with Gasteiger partial charge in [-0.2, -0.15) is 0 Å². The fraction of sp³-hybridized carbons (Fsp3) is 0.316. The fourth-order valence-electron chi connectivity index (χ4n) is 3.10. The second-order valence-electron chi connectivity index (χ2n) is 6.24. The molecule has 1 amide bonds. The maximum absolute atomic E-state index is 12.4. The minimum Gasteiger partial charge on any atom is -0.478 e. The van der Waals surface area contributed by atoms with E-state index in [4.69, 9.17) is 5.11 Å². The van der Waals surface area contributed by atoms with E-state index in [0.29, 0.717) is 0 Å². The lowest BCUT2D eigenvalue weighted by atomic mass is 10.0. The Balaban J connectivity index is 1.54. The number of benzene rings is 1. The molecule has 1 aliphatic rings. The number of hydrogen-bond acceptors (Lipinski definition) is 4. The first kappa shape index (κ1) is 17.1. The Bertz CT molecular complexity index is 741. The molecule has 1 saturated heterocycles. The molecule has 0 unspecified atom stereocenters. The SMILES string of the molecule is O=C(O)c1cnccc1C(=O)NC1CCN(Cc2ccccc2)CC1. The molecule has 0 aliphatic carbocycles. The number of likely N-dealkylation sites (tertiary alicyclic amines) is 1. The molecule has 0 bridgehead atoms. The summed E-state index contributed by atoms with van der Waals surface area (Å²) in [4.78, 5) is 29.7. The molecule has 130 valence electrons. The van der Waals surface area contributed by atoms with E-state index in [9.17, 15) is 9.59 Å². The van der Waals surface area contributed by atoms with Gasteiger partial charge < -0.3 is 10.4 Å². The van der Waals surface area contributed by atoms with Crippen LogP contribution in [0.3, 0.4) is 0 Å². The molecule has 6 nitrogen and oxygen atoms in total. The average Bonchev–Trinajstić information content (AvgIpc) is 2.64. The smallest absolute Gasteiger partial charge is 0.338 e. The first-order chi connectivity index (χ1) is 12.1. The summed E-state index contributed by atoms with van der Waals surface area (Å²) in [5.41, 5.74) is 1.38. The van der Waals surface area contributed by atoms with Gasteiger partial charge in [-0.3, -0.25) is 14.7 Å². The van der Waals surface area contributed by atoms with Crippen molar-refractivity contribution in [3.05, 3.63) is 65.5 Å². The lowest BCUT2D eigenvalue weighted by Gasteiger charge is -2.32. The molecule has 25 heavy (non-hydrogen) atoms. The van der Waals surface area contributed by atoms with Gasteiger partial charge in [-0.15, -0.1) is 0 Å². The maximum atomic E-state index is 12.4. The number of aromatic carboxylic acids is 1. The molecule has 2 aromatic rings. The van der Waals surface area contributed by atoms with E-state index in [1.165, 1.54) is 24.0 Å². The zero-order valence-corrected chi connectivity index (χ0v) is 13.9. The van der Waals surface area contributed by atoms with E-state index in [1.807, 2.05) is 18.2 Å². The third-order valence-corrected chi connectivity index (χ3v) is 4.47. The number of carbonyl (C=O) groups excluding carboxylic acids is 1. The van der Waals surface area contributed by atoms with Crippen LogP contribution in [0.5, 0.6) is 0 Å². The third kappa shape index (κ3) is 4.42. The fourth-order valence-corrected chi connectivity index (χ4v) is 3.10. The number of carbonyl (C=O) groups is 2. The molecule has 0 spiro atoms. The Hall–Kier alpha value is -2.73. The maximum Gasteiger partial charge on any atom is 0.338 e. The van der Waals surface area contributed by atoms with Crippen molar-refractivity contribution in [1.29, 1.82) is 0 Å². The molecule has 0 atom stereocenters. The van der Waals surface area contributed by atoms with Crippen molar-refractivity contribution < 1.29 is 14.7 Å². The zero-order chi connectivity index (χ0) is 17.6. The number of nitrogens with zero attached hydrogens (tertiary/aromatic N) is 2. The molecular weight excluding hydrogens is 318 g/mol. The molecule has 2 heterocycles. The number of pyridine rings is 1. The highest BCUT2D eigenvalue weighted by molar-refractivity contribution is 6.04. The van der Waals surface area contributed by atoms with Crippen LogP contribution >= 0.6 is 0 Å². The van der Waals surface area contributed by atoms with Crippen molar-refractivity contribution >= 4 is 11.9 Å². The third-order valence-electron chi connectivity index (χ3n) is 4.47. The zero-order valence-electron chi connectivity index (χ0n) is 13.9. The van der Waals surface area contributed by atoms with Crippen LogP contribution in [0, 0.1) is 0 Å². The summed E-state index contributed by atoms with van der Waals surface area (Å²) >= 11 is 0. The van der Waals surface area contributed by atoms with E-state index in [1.54, 1.807) is 0 Å². The summed E-state index contributed by atoms with van der Waals surface area (Å²) in [6.07, 6.45) is 4.35. The van der Waals surface area contributed by atoms with Gasteiger partial charge >= 0.3 is 5.97 Å². The van der Waals surface area contributed by atoms with Gasteiger partial charge in [0, 0.05) is 38.1 Å². The Kier molecular flexibility index (Phi) is 5.40. The van der Waals surface area contributed by atoms with Gasteiger partial charge in [-0.05, 0) is 24.5 Å². The number of nitrogens with one attached hydrogen (secondary N) is 1. The number of carboxylic acid groups (broad SMARTS) is 1. The van der Waals surface area contributed by atoms with E-state index >= 15 is 0 Å². The minimum atomic E-state index is -1.14. The van der Waals surface area contributed by atoms with Crippen LogP contribution in [-0.2, 0) is 6.54 Å². The van der Waals surface area contributed by atoms with Crippen LogP contribution < -0.4 is 5.32 Å². The predicted octanol–water partition coefficient (Wildman–Crippen LogP) is 2.17. The predicted molar refractivity (Wildman–Crippen MR) is 93.4 cm³/mol. The molecule has 1 fully saturated rings. The molecule has 0 radical (unpaired) electrons. The standard InChI is InChI=1S/C19H21N3O3/c23-18(16-6-9-20-12-17(16)19(24)25)21-15-7-10-22(11-8-15)13-14-4-2-1-3-5-14/h1-6,9,12,15H,7-8,10-11,13H2,(H,21,23)(H,24,25). The van der Waals surface area contributed by atoms with E-state index in [0.717, 1.165) is 32.5 Å². The van der Waals surface area contributed by atoms with Crippen molar-refractivity contribution in [2.75, 3.05) is 13.1 Å². The van der Waals surface area contributed by atoms with Crippen LogP contribution in [0.2, 0.25) is 0 Å². The van der Waals surface area contributed by atoms with Crippen molar-refractivity contribution in [2.45, 2.75) is 25.4 Å². The Morgan fingerprint density at radius 3 is 2.52 bits per heavy atom. The summed E-state index contributed by atoms with van der Waals surface area (Å²) in [6.45, 7) is 2.72. The lowest BCUT2D eigenvalue weighted by Crippen LogP contribution is -2.44. The summed E-state index contributed by atoms with van der Waals surface area (Å²) in [5.74, 6) is -1.49. The van der Waals surface area contributed by atoms with Crippen LogP contribution in [0.4, 0.5) is 0 Å². The normalized spacial score (nSPS) is 15.7. The number of piperidine rings is 1. The number of amides is 1. The van der Waals surface area contributed by atoms with E-state index in [2.05, 4.69) is 27.3 Å². The second-order valence-corrected chi connectivity index (χ2v) is 6.24. The quantitative estimate of drug-likeness (QED) is 0.872. The van der Waals surface area contributed by atoms with Gasteiger partial charge in [0.25, 0.3) is 5.91 Å². The molecule has 1 aromatic heterocycles. The number of hydrogen-bond donors (Lipinski definition) is 2. The highest BCUT2D eigenvalue weighted by Crippen LogP contribution is 2.15. The largest absolute Gasteiger partial charge is 0.478 e. The van der Waals surface area contributed by atoms with Crippen LogP contribution in [0.25, 0.3) is 0 Å². The first-order valence-corrected chi connectivity index (χ1v) is 8.38. The van der Waals surface area contributed by atoms with Crippen LogP contribution in [0.15, 0.2) is 48.8 Å². The Morgan fingerprint density at radius 2 is 1.84 bits per heavy atom. The second kappa shape index (κ2) is 7.90. The molecule has 1 aliphatic heterocycles. The van der Waals surface area contributed by atoms with E-state index in [-0.39, 0.29) is 23.1 Å². The Labute approximate surface area is 146 Å². The molecular formula is C19H21N3O3. The highest BCUT2D eigenvalue weighted by atomic mass is 16.4. The summed E-state index contributed by atoms with van der Waals surface area (Å²) in [5, 5.41) is 12.1. The number of aromatic nitrogens is 1. The molecule has 2 N–H and O–H groups in total. The van der Waals surface area contributed by atoms with Gasteiger partial charge in [-0.25, -0.2) is 4.79 Å². The van der Waals surface area contributed by atoms with Crippen molar-refractivity contribution in [3.63, 3.8) is 0 Å². The van der Waals surface area contributed by atoms with Gasteiger partial charge in [0.1, 0.15) is 0 Å². The van der Waals surface area contributed by atoms with Crippen LogP contribution in [0.1, 0.15) is 39.1 Å². The van der Waals surface area contributed by atoms with Crippen LogP contribution in [-0.4, -0.2) is 46.0 Å². The molecule has 3 rings (SSSR count). The number of rotatable bonds is 5. The summed E-state index contributed by atoms with van der Waals surface area (Å²) in [6, 6.07) is 11.8. The van der Waals surface area contributed by atoms with Crippen molar-refractivity contribution in [3.8, 4) is 0 Å². The molecule has 1 aromatic carbocycles. The van der Waals surface area contributed by atoms with Gasteiger partial charge in [0.2, 0.25) is 0 Å². The van der Waals surface area contributed by atoms with Crippen molar-refractivity contribution in [1.82, 2.24) is 15.2 Å². The monoisotopic (exact) mass is 339 g/mol. The van der Waals surface area contributed by atoms with Gasteiger partial charge in [0.05, 0.1) is 11.1 Å². The average molecular weight is 339 g/mol. The summed E-state index contributed by atoms with van der Waals surface area (Å²) in [7, 11) is 0. The van der Waals surface area contributed by atoms with Gasteiger partial charge in [-0.1, -0.05) is 30.3 Å². The molecule has 6 heteroatoms. The highest BCUT2D eigenvalue weighted by Gasteiger charge is 2.23.